The van der Waals surface area contributed by atoms with Gasteiger partial charge in [0.25, 0.3) is 0 Å². The van der Waals surface area contributed by atoms with Crippen molar-refractivity contribution < 1.29 is 4.79 Å². The molecule has 4 nitrogen and oxygen atoms in total. The van der Waals surface area contributed by atoms with Crippen molar-refractivity contribution in [2.75, 3.05) is 7.05 Å². The number of H-pyrrole nitrogens is 1. The number of nitrogens with zero attached hydrogens (tertiary/aromatic N) is 2. The molecule has 0 aliphatic heterocycles. The number of amides is 1. The minimum atomic E-state index is -0.0430. The first-order valence-corrected chi connectivity index (χ1v) is 6.19. The lowest BCUT2D eigenvalue weighted by Gasteiger charge is -2.12. The van der Waals surface area contributed by atoms with E-state index in [9.17, 15) is 4.79 Å². The Kier molecular flexibility index (Phi) is 4.13. The van der Waals surface area contributed by atoms with Crippen molar-refractivity contribution in [2.24, 2.45) is 0 Å². The van der Waals surface area contributed by atoms with Crippen LogP contribution in [-0.2, 0) is 11.3 Å². The predicted molar refractivity (Wildman–Crippen MR) is 76.5 cm³/mol. The number of aromatic nitrogens is 2. The van der Waals surface area contributed by atoms with Crippen LogP contribution in [0.4, 0.5) is 0 Å². The molecule has 1 N–H and O–H groups in total. The third-order valence-electron chi connectivity index (χ3n) is 2.74. The molecule has 2 aromatic rings. The van der Waals surface area contributed by atoms with Crippen LogP contribution in [0.15, 0.2) is 48.6 Å². The first-order valence-electron chi connectivity index (χ1n) is 6.19. The average Bonchev–Trinajstić information content (AvgIpc) is 2.80. The molecule has 0 saturated heterocycles. The van der Waals surface area contributed by atoms with Gasteiger partial charge in [-0.1, -0.05) is 30.4 Å². The second-order valence-electron chi connectivity index (χ2n) is 4.28. The molecule has 19 heavy (non-hydrogen) atoms. The van der Waals surface area contributed by atoms with Crippen molar-refractivity contribution in [2.45, 2.75) is 13.5 Å². The second kappa shape index (κ2) is 6.00. The van der Waals surface area contributed by atoms with Gasteiger partial charge in [0, 0.05) is 13.1 Å². The highest BCUT2D eigenvalue weighted by Gasteiger charge is 2.08. The molecule has 0 bridgehead atoms. The molecule has 2 rings (SSSR count). The van der Waals surface area contributed by atoms with Crippen LogP contribution >= 0.6 is 0 Å². The standard InChI is InChI=1S/C15H17N3O/c1-3-4-5-10-15(19)18(2)11-14-16-12-8-6-7-9-13(12)17-14/h3-10H,11H2,1-2H3,(H,16,17)/b4-3+,10-5+. The van der Waals surface area contributed by atoms with E-state index in [1.54, 1.807) is 24.1 Å². The molecule has 0 atom stereocenters. The van der Waals surface area contributed by atoms with E-state index in [-0.39, 0.29) is 5.91 Å². The van der Waals surface area contributed by atoms with Crippen LogP contribution in [0.5, 0.6) is 0 Å². The fourth-order valence-corrected chi connectivity index (χ4v) is 1.76. The van der Waals surface area contributed by atoms with Gasteiger partial charge in [0.1, 0.15) is 5.82 Å². The van der Waals surface area contributed by atoms with E-state index in [4.69, 9.17) is 0 Å². The van der Waals surface area contributed by atoms with Gasteiger partial charge in [-0.25, -0.2) is 4.98 Å². The van der Waals surface area contributed by atoms with Gasteiger partial charge in [-0.05, 0) is 19.1 Å². The molecule has 4 heteroatoms. The molecule has 0 saturated carbocycles. The first-order chi connectivity index (χ1) is 9.20. The molecule has 0 aliphatic rings. The van der Waals surface area contributed by atoms with Crippen molar-refractivity contribution in [3.63, 3.8) is 0 Å². The molecule has 0 radical (unpaired) electrons. The van der Waals surface area contributed by atoms with Gasteiger partial charge in [-0.15, -0.1) is 0 Å². The summed E-state index contributed by atoms with van der Waals surface area (Å²) in [5, 5.41) is 0. The van der Waals surface area contributed by atoms with Crippen LogP contribution < -0.4 is 0 Å². The van der Waals surface area contributed by atoms with E-state index in [1.165, 1.54) is 0 Å². The first kappa shape index (κ1) is 13.1. The maximum Gasteiger partial charge on any atom is 0.246 e. The Balaban J connectivity index is 2.05. The molecule has 1 aromatic heterocycles. The number of para-hydroxylation sites is 2. The van der Waals surface area contributed by atoms with Crippen molar-refractivity contribution in [3.8, 4) is 0 Å². The molecule has 0 fully saturated rings. The Morgan fingerprint density at radius 2 is 2.16 bits per heavy atom. The molecular formula is C15H17N3O. The average molecular weight is 255 g/mol. The Hall–Kier alpha value is -2.36. The number of fused-ring (bicyclic) bond motifs is 1. The number of carbonyl (C=O) groups excluding carboxylic acids is 1. The van der Waals surface area contributed by atoms with E-state index in [0.717, 1.165) is 16.9 Å². The molecule has 0 unspecified atom stereocenters. The summed E-state index contributed by atoms with van der Waals surface area (Å²) >= 11 is 0. The van der Waals surface area contributed by atoms with Crippen molar-refractivity contribution >= 4 is 16.9 Å². The highest BCUT2D eigenvalue weighted by atomic mass is 16.2. The number of likely N-dealkylation sites (N-methyl/N-ethyl adjacent to an activating group) is 1. The van der Waals surface area contributed by atoms with Gasteiger partial charge >= 0.3 is 0 Å². The summed E-state index contributed by atoms with van der Waals surface area (Å²) in [6, 6.07) is 7.82. The van der Waals surface area contributed by atoms with Gasteiger partial charge in [0.15, 0.2) is 0 Å². The molecule has 1 heterocycles. The zero-order chi connectivity index (χ0) is 13.7. The summed E-state index contributed by atoms with van der Waals surface area (Å²) in [6.45, 7) is 2.38. The summed E-state index contributed by atoms with van der Waals surface area (Å²) in [5.41, 5.74) is 1.91. The second-order valence-corrected chi connectivity index (χ2v) is 4.28. The van der Waals surface area contributed by atoms with E-state index >= 15 is 0 Å². The maximum absolute atomic E-state index is 11.8. The van der Waals surface area contributed by atoms with Crippen molar-refractivity contribution in [1.29, 1.82) is 0 Å². The quantitative estimate of drug-likeness (QED) is 0.674. The van der Waals surface area contributed by atoms with E-state index in [2.05, 4.69) is 9.97 Å². The van der Waals surface area contributed by atoms with Gasteiger partial charge in [0.05, 0.1) is 17.6 Å². The summed E-state index contributed by atoms with van der Waals surface area (Å²) in [6.07, 6.45) is 6.98. The van der Waals surface area contributed by atoms with E-state index < -0.39 is 0 Å². The topological polar surface area (TPSA) is 49.0 Å². The normalized spacial score (nSPS) is 11.7. The minimum Gasteiger partial charge on any atom is -0.340 e. The highest BCUT2D eigenvalue weighted by Crippen LogP contribution is 2.11. The lowest BCUT2D eigenvalue weighted by Crippen LogP contribution is -2.24. The minimum absolute atomic E-state index is 0.0430. The van der Waals surface area contributed by atoms with Crippen LogP contribution in [0.2, 0.25) is 0 Å². The third-order valence-corrected chi connectivity index (χ3v) is 2.74. The van der Waals surface area contributed by atoms with Gasteiger partial charge in [0.2, 0.25) is 5.91 Å². The highest BCUT2D eigenvalue weighted by molar-refractivity contribution is 5.87. The van der Waals surface area contributed by atoms with Crippen LogP contribution in [-0.4, -0.2) is 27.8 Å². The molecule has 1 amide bonds. The maximum atomic E-state index is 11.8. The fourth-order valence-electron chi connectivity index (χ4n) is 1.76. The van der Waals surface area contributed by atoms with Crippen LogP contribution in [0, 0.1) is 0 Å². The fraction of sp³-hybridized carbons (Fsp3) is 0.200. The van der Waals surface area contributed by atoms with E-state index in [1.807, 2.05) is 43.3 Å². The Labute approximate surface area is 112 Å². The number of carbonyl (C=O) groups is 1. The number of rotatable bonds is 4. The van der Waals surface area contributed by atoms with Gasteiger partial charge in [-0.3, -0.25) is 4.79 Å². The zero-order valence-corrected chi connectivity index (χ0v) is 11.1. The summed E-state index contributed by atoms with van der Waals surface area (Å²) < 4.78 is 0. The smallest absolute Gasteiger partial charge is 0.246 e. The summed E-state index contributed by atoms with van der Waals surface area (Å²) in [4.78, 5) is 21.1. The van der Waals surface area contributed by atoms with Gasteiger partial charge < -0.3 is 9.88 Å². The van der Waals surface area contributed by atoms with Crippen molar-refractivity contribution in [3.05, 3.63) is 54.4 Å². The Morgan fingerprint density at radius 1 is 1.37 bits per heavy atom. The number of nitrogens with one attached hydrogen (secondary N) is 1. The lowest BCUT2D eigenvalue weighted by molar-refractivity contribution is -0.125. The summed E-state index contributed by atoms with van der Waals surface area (Å²) in [5.74, 6) is 0.745. The summed E-state index contributed by atoms with van der Waals surface area (Å²) in [7, 11) is 1.76. The molecule has 0 aliphatic carbocycles. The molecular weight excluding hydrogens is 238 g/mol. The number of aromatic amines is 1. The van der Waals surface area contributed by atoms with Crippen molar-refractivity contribution in [1.82, 2.24) is 14.9 Å². The molecule has 98 valence electrons. The number of allylic oxidation sites excluding steroid dienone is 3. The third kappa shape index (κ3) is 3.31. The lowest BCUT2D eigenvalue weighted by atomic mass is 10.3. The van der Waals surface area contributed by atoms with Crippen LogP contribution in [0.3, 0.4) is 0 Å². The van der Waals surface area contributed by atoms with Crippen LogP contribution in [0.25, 0.3) is 11.0 Å². The monoisotopic (exact) mass is 255 g/mol. The zero-order valence-electron chi connectivity index (χ0n) is 11.1. The number of imidazole rings is 1. The van der Waals surface area contributed by atoms with E-state index in [0.29, 0.717) is 6.54 Å². The SMILES string of the molecule is C/C=C/C=C/C(=O)N(C)Cc1nc2ccccc2[nH]1. The number of hydrogen-bond donors (Lipinski definition) is 1. The van der Waals surface area contributed by atoms with Gasteiger partial charge in [-0.2, -0.15) is 0 Å². The number of hydrogen-bond acceptors (Lipinski definition) is 2. The molecule has 0 spiro atoms. The Bertz CT molecular complexity index is 592. The largest absolute Gasteiger partial charge is 0.340 e. The molecule has 1 aromatic carbocycles. The predicted octanol–water partition coefficient (Wildman–Crippen LogP) is 2.65. The Morgan fingerprint density at radius 3 is 2.89 bits per heavy atom. The number of benzene rings is 1. The van der Waals surface area contributed by atoms with Crippen LogP contribution in [0.1, 0.15) is 12.7 Å².